The molecule has 0 amide bonds. The summed E-state index contributed by atoms with van der Waals surface area (Å²) in [6.07, 6.45) is 1.71. The predicted octanol–water partition coefficient (Wildman–Crippen LogP) is 4.81. The molecule has 0 saturated carbocycles. The lowest BCUT2D eigenvalue weighted by molar-refractivity contribution is 0.371. The number of phenolic OH excluding ortho intramolecular Hbond substituents is 1. The molecule has 1 N–H and O–H groups in total. The Morgan fingerprint density at radius 3 is 2.73 bits per heavy atom. The van der Waals surface area contributed by atoms with Crippen molar-refractivity contribution < 1.29 is 14.2 Å². The first kappa shape index (κ1) is 18.0. The summed E-state index contributed by atoms with van der Waals surface area (Å²) in [7, 11) is 1.49. The Balaban J connectivity index is 0.00000116. The number of aromatic hydroxyl groups is 1. The number of hydrogen-bond acceptors (Lipinski definition) is 3. The van der Waals surface area contributed by atoms with E-state index < -0.39 is 5.82 Å². The maximum atomic E-state index is 13.7. The first-order chi connectivity index (χ1) is 10.5. The maximum Gasteiger partial charge on any atom is 0.168 e. The van der Waals surface area contributed by atoms with E-state index in [1.807, 2.05) is 13.8 Å². The number of halogens is 2. The van der Waals surface area contributed by atoms with E-state index in [2.05, 4.69) is 11.6 Å². The standard InChI is InChI=1S/C15H13ClFNO2.C2H6/c1-9(20-2)12-7-11(18-8-13(12)16)6-10-4-3-5-14(19)15(10)17;1-2/h3-5,7-8,19H,1,6H2,2H3;1-2H3. The molecule has 3 nitrogen and oxygen atoms in total. The number of ether oxygens (including phenoxy) is 1. The topological polar surface area (TPSA) is 42.4 Å². The van der Waals surface area contributed by atoms with Crippen LogP contribution in [0.2, 0.25) is 5.02 Å². The summed E-state index contributed by atoms with van der Waals surface area (Å²) in [6.45, 7) is 7.74. The van der Waals surface area contributed by atoms with E-state index in [1.54, 1.807) is 18.2 Å². The molecule has 2 rings (SSSR count). The SMILES string of the molecule is C=C(OC)c1cc(Cc2cccc(O)c2F)ncc1Cl.CC. The lowest BCUT2D eigenvalue weighted by atomic mass is 10.1. The fourth-order valence-corrected chi connectivity index (χ4v) is 2.01. The zero-order chi connectivity index (χ0) is 16.7. The number of aromatic nitrogens is 1. The summed E-state index contributed by atoms with van der Waals surface area (Å²) < 4.78 is 18.8. The van der Waals surface area contributed by atoms with Crippen LogP contribution in [0.25, 0.3) is 5.76 Å². The summed E-state index contributed by atoms with van der Waals surface area (Å²) in [4.78, 5) is 4.14. The van der Waals surface area contributed by atoms with Gasteiger partial charge in [-0.15, -0.1) is 0 Å². The molecule has 0 aliphatic heterocycles. The Morgan fingerprint density at radius 2 is 2.09 bits per heavy atom. The third kappa shape index (κ3) is 4.21. The fraction of sp³-hybridized carbons (Fsp3) is 0.235. The summed E-state index contributed by atoms with van der Waals surface area (Å²) in [6, 6.07) is 6.17. The van der Waals surface area contributed by atoms with Crippen LogP contribution in [-0.4, -0.2) is 17.2 Å². The lowest BCUT2D eigenvalue weighted by Crippen LogP contribution is -1.98. The second-order valence-electron chi connectivity index (χ2n) is 4.21. The van der Waals surface area contributed by atoms with Gasteiger partial charge in [0.2, 0.25) is 0 Å². The van der Waals surface area contributed by atoms with E-state index in [9.17, 15) is 9.50 Å². The third-order valence-corrected chi connectivity index (χ3v) is 3.19. The highest BCUT2D eigenvalue weighted by Crippen LogP contribution is 2.25. The van der Waals surface area contributed by atoms with Gasteiger partial charge in [0.05, 0.1) is 12.1 Å². The molecule has 1 aromatic carbocycles. The molecule has 0 unspecified atom stereocenters. The summed E-state index contributed by atoms with van der Waals surface area (Å²) in [5.74, 6) is -0.607. The molecule has 1 heterocycles. The van der Waals surface area contributed by atoms with Gasteiger partial charge in [0.15, 0.2) is 11.6 Å². The van der Waals surface area contributed by atoms with Crippen LogP contribution in [-0.2, 0) is 11.2 Å². The zero-order valence-electron chi connectivity index (χ0n) is 12.9. The maximum absolute atomic E-state index is 13.7. The molecule has 0 spiro atoms. The van der Waals surface area contributed by atoms with Crippen molar-refractivity contribution >= 4 is 17.4 Å². The molecular weight excluding hydrogens is 305 g/mol. The number of nitrogens with zero attached hydrogens (tertiary/aromatic N) is 1. The average Bonchev–Trinajstić information content (AvgIpc) is 2.54. The van der Waals surface area contributed by atoms with Crippen LogP contribution in [0.5, 0.6) is 5.75 Å². The van der Waals surface area contributed by atoms with Gasteiger partial charge in [-0.2, -0.15) is 0 Å². The Kier molecular flexibility index (Phi) is 6.86. The van der Waals surface area contributed by atoms with Gasteiger partial charge in [0.25, 0.3) is 0 Å². The van der Waals surface area contributed by atoms with Gasteiger partial charge in [-0.3, -0.25) is 4.98 Å². The van der Waals surface area contributed by atoms with E-state index in [1.165, 1.54) is 19.4 Å². The molecule has 0 saturated heterocycles. The molecule has 0 atom stereocenters. The number of benzene rings is 1. The van der Waals surface area contributed by atoms with Gasteiger partial charge in [-0.1, -0.05) is 44.2 Å². The molecule has 118 valence electrons. The summed E-state index contributed by atoms with van der Waals surface area (Å²) in [5.41, 5.74) is 1.57. The van der Waals surface area contributed by atoms with Crippen molar-refractivity contribution in [2.24, 2.45) is 0 Å². The first-order valence-electron chi connectivity index (χ1n) is 6.87. The van der Waals surface area contributed by atoms with Crippen LogP contribution < -0.4 is 0 Å². The smallest absolute Gasteiger partial charge is 0.168 e. The fourth-order valence-electron chi connectivity index (χ4n) is 1.80. The van der Waals surface area contributed by atoms with Gasteiger partial charge in [0.1, 0.15) is 5.76 Å². The second kappa shape index (κ2) is 8.39. The zero-order valence-corrected chi connectivity index (χ0v) is 13.6. The molecule has 5 heteroatoms. The molecule has 0 aliphatic rings. The van der Waals surface area contributed by atoms with Crippen LogP contribution in [0.15, 0.2) is 37.0 Å². The molecule has 0 bridgehead atoms. The molecule has 0 radical (unpaired) electrons. The van der Waals surface area contributed by atoms with Crippen LogP contribution in [0.3, 0.4) is 0 Å². The third-order valence-electron chi connectivity index (χ3n) is 2.89. The molecule has 0 aliphatic carbocycles. The first-order valence-corrected chi connectivity index (χ1v) is 7.24. The van der Waals surface area contributed by atoms with Gasteiger partial charge in [-0.05, 0) is 17.7 Å². The monoisotopic (exact) mass is 323 g/mol. The highest BCUT2D eigenvalue weighted by atomic mass is 35.5. The van der Waals surface area contributed by atoms with Crippen LogP contribution >= 0.6 is 11.6 Å². The number of phenols is 1. The van der Waals surface area contributed by atoms with Crippen molar-refractivity contribution in [3.05, 3.63) is 64.7 Å². The molecular formula is C17H19ClFNO2. The largest absolute Gasteiger partial charge is 0.505 e. The van der Waals surface area contributed by atoms with Crippen molar-refractivity contribution in [1.29, 1.82) is 0 Å². The van der Waals surface area contributed by atoms with Crippen LogP contribution in [0.4, 0.5) is 4.39 Å². The Morgan fingerprint density at radius 1 is 1.41 bits per heavy atom. The van der Waals surface area contributed by atoms with E-state index in [-0.39, 0.29) is 12.2 Å². The lowest BCUT2D eigenvalue weighted by Gasteiger charge is -2.09. The van der Waals surface area contributed by atoms with Crippen molar-refractivity contribution in [1.82, 2.24) is 4.98 Å². The van der Waals surface area contributed by atoms with Gasteiger partial charge in [0, 0.05) is 23.9 Å². The minimum Gasteiger partial charge on any atom is -0.505 e. The van der Waals surface area contributed by atoms with Crippen molar-refractivity contribution in [2.75, 3.05) is 7.11 Å². The molecule has 2 aromatic rings. The summed E-state index contributed by atoms with van der Waals surface area (Å²) in [5, 5.41) is 9.77. The highest BCUT2D eigenvalue weighted by Gasteiger charge is 2.11. The second-order valence-corrected chi connectivity index (χ2v) is 4.62. The molecule has 22 heavy (non-hydrogen) atoms. The number of pyridine rings is 1. The predicted molar refractivity (Wildman–Crippen MR) is 87.5 cm³/mol. The van der Waals surface area contributed by atoms with E-state index in [0.717, 1.165) is 0 Å². The van der Waals surface area contributed by atoms with E-state index >= 15 is 0 Å². The minimum atomic E-state index is -0.642. The quantitative estimate of drug-likeness (QED) is 0.821. The summed E-state index contributed by atoms with van der Waals surface area (Å²) >= 11 is 6.01. The Bertz CT molecular complexity index is 659. The van der Waals surface area contributed by atoms with Gasteiger partial charge < -0.3 is 9.84 Å². The minimum absolute atomic E-state index is 0.237. The van der Waals surface area contributed by atoms with E-state index in [4.69, 9.17) is 16.3 Å². The Hall–Kier alpha value is -2.07. The van der Waals surface area contributed by atoms with Crippen molar-refractivity contribution in [3.8, 4) is 5.75 Å². The molecule has 0 fully saturated rings. The number of methoxy groups -OCH3 is 1. The van der Waals surface area contributed by atoms with Crippen molar-refractivity contribution in [3.63, 3.8) is 0 Å². The highest BCUT2D eigenvalue weighted by molar-refractivity contribution is 6.32. The number of rotatable bonds is 4. The van der Waals surface area contributed by atoms with E-state index in [0.29, 0.717) is 27.6 Å². The van der Waals surface area contributed by atoms with Crippen LogP contribution in [0, 0.1) is 5.82 Å². The Labute approximate surface area is 135 Å². The van der Waals surface area contributed by atoms with Crippen molar-refractivity contribution in [2.45, 2.75) is 20.3 Å². The van der Waals surface area contributed by atoms with Crippen LogP contribution in [0.1, 0.15) is 30.7 Å². The normalized spacial score (nSPS) is 9.68. The van der Waals surface area contributed by atoms with Gasteiger partial charge in [-0.25, -0.2) is 4.39 Å². The number of hydrogen-bond donors (Lipinski definition) is 1. The average molecular weight is 324 g/mol. The van der Waals surface area contributed by atoms with Gasteiger partial charge >= 0.3 is 0 Å². The molecule has 1 aromatic heterocycles.